The summed E-state index contributed by atoms with van der Waals surface area (Å²) in [6, 6.07) is 0. The third-order valence-electron chi connectivity index (χ3n) is 2.39. The number of carbonyl (C=O) groups is 1. The van der Waals surface area contributed by atoms with Crippen molar-refractivity contribution in [2.75, 3.05) is 12.4 Å². The van der Waals surface area contributed by atoms with Gasteiger partial charge in [0.05, 0.1) is 0 Å². The lowest BCUT2D eigenvalue weighted by molar-refractivity contribution is -0.113. The van der Waals surface area contributed by atoms with Gasteiger partial charge in [-0.2, -0.15) is 0 Å². The Balaban J connectivity index is 2.95. The van der Waals surface area contributed by atoms with Crippen molar-refractivity contribution in [2.24, 2.45) is 0 Å². The van der Waals surface area contributed by atoms with Crippen LogP contribution in [0.15, 0.2) is 0 Å². The summed E-state index contributed by atoms with van der Waals surface area (Å²) in [7, 11) is 0. The van der Waals surface area contributed by atoms with E-state index in [-0.39, 0.29) is 11.7 Å². The summed E-state index contributed by atoms with van der Waals surface area (Å²) in [4.78, 5) is 10.7. The highest BCUT2D eigenvalue weighted by molar-refractivity contribution is 8.13. The molecular weight excluding hydrogens is 208 g/mol. The molecule has 0 aromatic carbocycles. The van der Waals surface area contributed by atoms with Crippen LogP contribution in [0.25, 0.3) is 0 Å². The molecule has 0 aromatic heterocycles. The van der Waals surface area contributed by atoms with Crippen LogP contribution < -0.4 is 0 Å². The highest BCUT2D eigenvalue weighted by Crippen LogP contribution is 2.11. The van der Waals surface area contributed by atoms with E-state index in [1.165, 1.54) is 56.7 Å². The van der Waals surface area contributed by atoms with Crippen LogP contribution in [0.2, 0.25) is 0 Å². The second-order valence-electron chi connectivity index (χ2n) is 3.85. The fourth-order valence-corrected chi connectivity index (χ4v) is 2.14. The van der Waals surface area contributed by atoms with Gasteiger partial charge in [-0.05, 0) is 6.42 Å². The first-order chi connectivity index (χ1) is 7.31. The van der Waals surface area contributed by atoms with Crippen molar-refractivity contribution in [3.8, 4) is 0 Å². The van der Waals surface area contributed by atoms with Crippen molar-refractivity contribution in [1.29, 1.82) is 0 Å². The normalized spacial score (nSPS) is 10.5. The third kappa shape index (κ3) is 11.9. The van der Waals surface area contributed by atoms with Gasteiger partial charge in [-0.25, -0.2) is 0 Å². The van der Waals surface area contributed by atoms with Gasteiger partial charge in [-0.15, -0.1) is 0 Å². The number of hydrogen-bond donors (Lipinski definition) is 1. The predicted molar refractivity (Wildman–Crippen MR) is 67.2 cm³/mol. The number of rotatable bonds is 10. The standard InChI is InChI=1S/C12H24O2S/c1-2-3-4-5-6-7-8-9-10-15-12(14)11-13/h13H,2-11H2,1H3. The molecule has 0 radical (unpaired) electrons. The molecule has 90 valence electrons. The van der Waals surface area contributed by atoms with Gasteiger partial charge in [0.25, 0.3) is 0 Å². The maximum absolute atomic E-state index is 10.7. The molecule has 0 aliphatic heterocycles. The molecule has 0 bridgehead atoms. The molecule has 0 rings (SSSR count). The third-order valence-corrected chi connectivity index (χ3v) is 3.33. The van der Waals surface area contributed by atoms with Crippen LogP contribution in [0.4, 0.5) is 0 Å². The lowest BCUT2D eigenvalue weighted by Gasteiger charge is -2.00. The molecule has 0 amide bonds. The number of thioether (sulfide) groups is 1. The van der Waals surface area contributed by atoms with E-state index in [1.54, 1.807) is 0 Å². The highest BCUT2D eigenvalue weighted by Gasteiger charge is 1.98. The van der Waals surface area contributed by atoms with Crippen LogP contribution in [-0.4, -0.2) is 22.6 Å². The average molecular weight is 232 g/mol. The maximum atomic E-state index is 10.7. The van der Waals surface area contributed by atoms with E-state index in [2.05, 4.69) is 6.92 Å². The van der Waals surface area contributed by atoms with E-state index in [0.29, 0.717) is 0 Å². The minimum Gasteiger partial charge on any atom is -0.388 e. The number of aliphatic hydroxyl groups is 1. The largest absolute Gasteiger partial charge is 0.388 e. The first-order valence-electron chi connectivity index (χ1n) is 6.07. The molecule has 0 aliphatic rings. The number of carbonyl (C=O) groups excluding carboxylic acids is 1. The SMILES string of the molecule is CCCCCCCCCCSC(=O)CO. The van der Waals surface area contributed by atoms with Crippen molar-refractivity contribution in [3.63, 3.8) is 0 Å². The molecule has 15 heavy (non-hydrogen) atoms. The summed E-state index contributed by atoms with van der Waals surface area (Å²) in [6.07, 6.45) is 10.3. The van der Waals surface area contributed by atoms with Crippen LogP contribution >= 0.6 is 11.8 Å². The Morgan fingerprint density at radius 2 is 1.53 bits per heavy atom. The molecule has 2 nitrogen and oxygen atoms in total. The molecule has 0 aromatic rings. The van der Waals surface area contributed by atoms with Crippen molar-refractivity contribution in [2.45, 2.75) is 58.3 Å². The van der Waals surface area contributed by atoms with Gasteiger partial charge in [0, 0.05) is 5.75 Å². The summed E-state index contributed by atoms with van der Waals surface area (Å²) < 4.78 is 0. The molecule has 0 atom stereocenters. The topological polar surface area (TPSA) is 37.3 Å². The van der Waals surface area contributed by atoms with Crippen LogP contribution in [0.1, 0.15) is 58.3 Å². The number of aliphatic hydroxyl groups excluding tert-OH is 1. The molecule has 0 aliphatic carbocycles. The number of unbranched alkanes of at least 4 members (excludes halogenated alkanes) is 7. The van der Waals surface area contributed by atoms with E-state index < -0.39 is 0 Å². The predicted octanol–water partition coefficient (Wildman–Crippen LogP) is 3.38. The molecule has 0 saturated heterocycles. The lowest BCUT2D eigenvalue weighted by atomic mass is 10.1. The van der Waals surface area contributed by atoms with Gasteiger partial charge in [-0.1, -0.05) is 63.6 Å². The second-order valence-corrected chi connectivity index (χ2v) is 5.01. The average Bonchev–Trinajstić information content (AvgIpc) is 2.26. The summed E-state index contributed by atoms with van der Waals surface area (Å²) in [5, 5.41) is 8.39. The fraction of sp³-hybridized carbons (Fsp3) is 0.917. The van der Waals surface area contributed by atoms with Gasteiger partial charge >= 0.3 is 0 Å². The van der Waals surface area contributed by atoms with E-state index in [0.717, 1.165) is 12.2 Å². The Hall–Kier alpha value is -0.0200. The Morgan fingerprint density at radius 1 is 1.00 bits per heavy atom. The summed E-state index contributed by atoms with van der Waals surface area (Å²) in [6.45, 7) is 1.91. The second kappa shape index (κ2) is 12.1. The Bertz CT molecular complexity index is 149. The Morgan fingerprint density at radius 3 is 2.07 bits per heavy atom. The molecule has 0 heterocycles. The minimum atomic E-state index is -0.318. The zero-order chi connectivity index (χ0) is 11.4. The van der Waals surface area contributed by atoms with Crippen LogP contribution in [0, 0.1) is 0 Å². The molecule has 1 N–H and O–H groups in total. The smallest absolute Gasteiger partial charge is 0.214 e. The summed E-state index contributed by atoms with van der Waals surface area (Å²) in [5.74, 6) is 0.869. The molecule has 0 saturated carbocycles. The van der Waals surface area contributed by atoms with Crippen molar-refractivity contribution in [3.05, 3.63) is 0 Å². The van der Waals surface area contributed by atoms with Gasteiger partial charge in [-0.3, -0.25) is 4.79 Å². The molecule has 3 heteroatoms. The van der Waals surface area contributed by atoms with Crippen LogP contribution in [0.3, 0.4) is 0 Å². The summed E-state index contributed by atoms with van der Waals surface area (Å²) in [5.41, 5.74) is 0. The van der Waals surface area contributed by atoms with Crippen LogP contribution in [-0.2, 0) is 4.79 Å². The van der Waals surface area contributed by atoms with Gasteiger partial charge < -0.3 is 5.11 Å². The van der Waals surface area contributed by atoms with Gasteiger partial charge in [0.1, 0.15) is 6.61 Å². The first-order valence-corrected chi connectivity index (χ1v) is 7.06. The highest BCUT2D eigenvalue weighted by atomic mass is 32.2. The zero-order valence-corrected chi connectivity index (χ0v) is 10.7. The van der Waals surface area contributed by atoms with E-state index >= 15 is 0 Å². The Kier molecular flexibility index (Phi) is 12.0. The van der Waals surface area contributed by atoms with Crippen molar-refractivity contribution in [1.82, 2.24) is 0 Å². The molecule has 0 unspecified atom stereocenters. The van der Waals surface area contributed by atoms with Crippen LogP contribution in [0.5, 0.6) is 0 Å². The lowest BCUT2D eigenvalue weighted by Crippen LogP contribution is -1.98. The van der Waals surface area contributed by atoms with E-state index in [4.69, 9.17) is 5.11 Å². The molecular formula is C12H24O2S. The van der Waals surface area contributed by atoms with Crippen molar-refractivity contribution >= 4 is 16.9 Å². The number of hydrogen-bond acceptors (Lipinski definition) is 3. The Labute approximate surface area is 97.8 Å². The van der Waals surface area contributed by atoms with E-state index in [9.17, 15) is 4.79 Å². The molecule has 0 spiro atoms. The zero-order valence-electron chi connectivity index (χ0n) is 9.83. The van der Waals surface area contributed by atoms with Gasteiger partial charge in [0.2, 0.25) is 5.12 Å². The fourth-order valence-electron chi connectivity index (χ4n) is 1.47. The quantitative estimate of drug-likeness (QED) is 0.587. The van der Waals surface area contributed by atoms with Gasteiger partial charge in [0.15, 0.2) is 0 Å². The minimum absolute atomic E-state index is 0.0991. The molecule has 0 fully saturated rings. The maximum Gasteiger partial charge on any atom is 0.214 e. The monoisotopic (exact) mass is 232 g/mol. The van der Waals surface area contributed by atoms with E-state index in [1.807, 2.05) is 0 Å². The summed E-state index contributed by atoms with van der Waals surface area (Å²) >= 11 is 1.26. The van der Waals surface area contributed by atoms with Crippen molar-refractivity contribution < 1.29 is 9.90 Å². The first kappa shape index (κ1) is 15.0.